The van der Waals surface area contributed by atoms with E-state index in [0.717, 1.165) is 36.5 Å². The molecule has 0 saturated carbocycles. The monoisotopic (exact) mass is 343 g/mol. The SMILES string of the molecule is CNC1CCN(C(=O)c2csc(-c3ccc(C(C)C)cc3)n2)CC1. The first-order valence-electron chi connectivity index (χ1n) is 8.61. The lowest BCUT2D eigenvalue weighted by molar-refractivity contribution is 0.0702. The summed E-state index contributed by atoms with van der Waals surface area (Å²) >= 11 is 1.54. The van der Waals surface area contributed by atoms with Crippen LogP contribution in [0.1, 0.15) is 48.7 Å². The Balaban J connectivity index is 1.70. The third kappa shape index (κ3) is 3.68. The molecule has 1 aromatic heterocycles. The molecule has 1 N–H and O–H groups in total. The number of hydrogen-bond donors (Lipinski definition) is 1. The minimum atomic E-state index is 0.0610. The van der Waals surface area contributed by atoms with E-state index in [2.05, 4.69) is 48.4 Å². The highest BCUT2D eigenvalue weighted by Crippen LogP contribution is 2.26. The summed E-state index contributed by atoms with van der Waals surface area (Å²) in [5.41, 5.74) is 2.97. The molecule has 24 heavy (non-hydrogen) atoms. The van der Waals surface area contributed by atoms with Crippen LogP contribution in [0.5, 0.6) is 0 Å². The third-order valence-corrected chi connectivity index (χ3v) is 5.63. The van der Waals surface area contributed by atoms with Gasteiger partial charge in [-0.15, -0.1) is 11.3 Å². The molecule has 5 heteroatoms. The van der Waals surface area contributed by atoms with Crippen molar-refractivity contribution in [2.45, 2.75) is 38.6 Å². The van der Waals surface area contributed by atoms with Crippen LogP contribution in [-0.2, 0) is 0 Å². The summed E-state index contributed by atoms with van der Waals surface area (Å²) in [4.78, 5) is 19.1. The molecular formula is C19H25N3OS. The third-order valence-electron chi connectivity index (χ3n) is 4.74. The van der Waals surface area contributed by atoms with Gasteiger partial charge in [0.25, 0.3) is 5.91 Å². The smallest absolute Gasteiger partial charge is 0.273 e. The van der Waals surface area contributed by atoms with Crippen LogP contribution in [0.25, 0.3) is 10.6 Å². The summed E-state index contributed by atoms with van der Waals surface area (Å²) in [7, 11) is 1.99. The van der Waals surface area contributed by atoms with E-state index in [0.29, 0.717) is 17.7 Å². The molecule has 1 aliphatic rings. The Hall–Kier alpha value is -1.72. The molecule has 0 unspecified atom stereocenters. The van der Waals surface area contributed by atoms with E-state index in [-0.39, 0.29) is 5.91 Å². The average Bonchev–Trinajstić information content (AvgIpc) is 3.11. The van der Waals surface area contributed by atoms with E-state index < -0.39 is 0 Å². The van der Waals surface area contributed by atoms with Gasteiger partial charge in [-0.1, -0.05) is 38.1 Å². The molecule has 2 aromatic rings. The zero-order valence-corrected chi connectivity index (χ0v) is 15.4. The second-order valence-electron chi connectivity index (χ2n) is 6.67. The van der Waals surface area contributed by atoms with Crippen molar-refractivity contribution in [3.63, 3.8) is 0 Å². The number of carbonyl (C=O) groups is 1. The van der Waals surface area contributed by atoms with E-state index in [4.69, 9.17) is 0 Å². The van der Waals surface area contributed by atoms with Crippen molar-refractivity contribution in [3.05, 3.63) is 40.9 Å². The number of benzene rings is 1. The highest BCUT2D eigenvalue weighted by Gasteiger charge is 2.24. The highest BCUT2D eigenvalue weighted by molar-refractivity contribution is 7.13. The minimum Gasteiger partial charge on any atom is -0.337 e. The molecule has 0 spiro atoms. The van der Waals surface area contributed by atoms with E-state index in [1.807, 2.05) is 17.3 Å². The Labute approximate surface area is 147 Å². The Morgan fingerprint density at radius 2 is 1.92 bits per heavy atom. The van der Waals surface area contributed by atoms with E-state index >= 15 is 0 Å². The first kappa shape index (κ1) is 17.1. The number of rotatable bonds is 4. The van der Waals surface area contributed by atoms with Crippen molar-refractivity contribution in [3.8, 4) is 10.6 Å². The van der Waals surface area contributed by atoms with E-state index in [1.54, 1.807) is 11.3 Å². The Morgan fingerprint density at radius 1 is 1.25 bits per heavy atom. The summed E-state index contributed by atoms with van der Waals surface area (Å²) in [5.74, 6) is 0.582. The van der Waals surface area contributed by atoms with E-state index in [9.17, 15) is 4.79 Å². The van der Waals surface area contributed by atoms with Gasteiger partial charge in [-0.3, -0.25) is 4.79 Å². The maximum atomic E-state index is 12.6. The molecule has 0 aliphatic carbocycles. The van der Waals surface area contributed by atoms with Crippen molar-refractivity contribution in [2.24, 2.45) is 0 Å². The molecule has 3 rings (SSSR count). The molecule has 1 fully saturated rings. The van der Waals surface area contributed by atoms with Gasteiger partial charge in [-0.25, -0.2) is 4.98 Å². The van der Waals surface area contributed by atoms with Gasteiger partial charge in [0.1, 0.15) is 10.7 Å². The predicted octanol–water partition coefficient (Wildman–Crippen LogP) is 3.76. The first-order chi connectivity index (χ1) is 11.6. The largest absolute Gasteiger partial charge is 0.337 e. The fourth-order valence-corrected chi connectivity index (χ4v) is 3.85. The van der Waals surface area contributed by atoms with Gasteiger partial charge in [0, 0.05) is 30.1 Å². The molecule has 0 bridgehead atoms. The molecule has 4 nitrogen and oxygen atoms in total. The summed E-state index contributed by atoms with van der Waals surface area (Å²) in [6, 6.07) is 9.01. The Kier molecular flexibility index (Phi) is 5.31. The van der Waals surface area contributed by atoms with Gasteiger partial charge in [-0.2, -0.15) is 0 Å². The number of aromatic nitrogens is 1. The van der Waals surface area contributed by atoms with Crippen LogP contribution in [0.2, 0.25) is 0 Å². The van der Waals surface area contributed by atoms with Crippen LogP contribution < -0.4 is 5.32 Å². The van der Waals surface area contributed by atoms with Gasteiger partial charge in [0.05, 0.1) is 0 Å². The summed E-state index contributed by atoms with van der Waals surface area (Å²) in [5, 5.41) is 6.09. The number of nitrogens with zero attached hydrogens (tertiary/aromatic N) is 2. The number of carbonyl (C=O) groups excluding carboxylic acids is 1. The van der Waals surface area contributed by atoms with Crippen molar-refractivity contribution in [1.29, 1.82) is 0 Å². The number of amides is 1. The number of thiazole rings is 1. The van der Waals surface area contributed by atoms with Crippen LogP contribution in [-0.4, -0.2) is 42.0 Å². The number of nitrogens with one attached hydrogen (secondary N) is 1. The Bertz CT molecular complexity index is 685. The van der Waals surface area contributed by atoms with Crippen molar-refractivity contribution in [1.82, 2.24) is 15.2 Å². The van der Waals surface area contributed by atoms with Gasteiger partial charge in [0.15, 0.2) is 0 Å². The first-order valence-corrected chi connectivity index (χ1v) is 9.49. The van der Waals surface area contributed by atoms with Crippen molar-refractivity contribution >= 4 is 17.2 Å². The number of piperidine rings is 1. The predicted molar refractivity (Wildman–Crippen MR) is 99.6 cm³/mol. The molecular weight excluding hydrogens is 318 g/mol. The molecule has 128 valence electrons. The second-order valence-corrected chi connectivity index (χ2v) is 7.53. The maximum Gasteiger partial charge on any atom is 0.273 e. The molecule has 1 aromatic carbocycles. The zero-order valence-electron chi connectivity index (χ0n) is 14.6. The fourth-order valence-electron chi connectivity index (χ4n) is 3.05. The van der Waals surface area contributed by atoms with E-state index in [1.165, 1.54) is 5.56 Å². The van der Waals surface area contributed by atoms with Crippen LogP contribution in [0.3, 0.4) is 0 Å². The lowest BCUT2D eigenvalue weighted by Gasteiger charge is -2.31. The van der Waals surface area contributed by atoms with Crippen LogP contribution in [0, 0.1) is 0 Å². The Morgan fingerprint density at radius 3 is 2.50 bits per heavy atom. The maximum absolute atomic E-state index is 12.6. The summed E-state index contributed by atoms with van der Waals surface area (Å²) in [6.07, 6.45) is 2.02. The summed E-state index contributed by atoms with van der Waals surface area (Å²) < 4.78 is 0. The lowest BCUT2D eigenvalue weighted by atomic mass is 10.0. The minimum absolute atomic E-state index is 0.0610. The second kappa shape index (κ2) is 7.45. The van der Waals surface area contributed by atoms with Crippen LogP contribution >= 0.6 is 11.3 Å². The molecule has 2 heterocycles. The van der Waals surface area contributed by atoms with Gasteiger partial charge in [-0.05, 0) is 31.4 Å². The molecule has 0 atom stereocenters. The standard InChI is InChI=1S/C19H25N3OS/c1-13(2)14-4-6-15(7-5-14)18-21-17(12-24-18)19(23)22-10-8-16(20-3)9-11-22/h4-7,12-13,16,20H,8-11H2,1-3H3. The fraction of sp³-hybridized carbons (Fsp3) is 0.474. The van der Waals surface area contributed by atoms with Gasteiger partial charge >= 0.3 is 0 Å². The molecule has 0 radical (unpaired) electrons. The van der Waals surface area contributed by atoms with Gasteiger partial charge < -0.3 is 10.2 Å². The summed E-state index contributed by atoms with van der Waals surface area (Å²) in [6.45, 7) is 5.99. The average molecular weight is 343 g/mol. The lowest BCUT2D eigenvalue weighted by Crippen LogP contribution is -2.44. The molecule has 1 amide bonds. The topological polar surface area (TPSA) is 45.2 Å². The van der Waals surface area contributed by atoms with Crippen LogP contribution in [0.4, 0.5) is 0 Å². The van der Waals surface area contributed by atoms with Crippen LogP contribution in [0.15, 0.2) is 29.6 Å². The molecule has 1 saturated heterocycles. The number of likely N-dealkylation sites (tertiary alicyclic amines) is 1. The van der Waals surface area contributed by atoms with Crippen molar-refractivity contribution < 1.29 is 4.79 Å². The van der Waals surface area contributed by atoms with Gasteiger partial charge in [0.2, 0.25) is 0 Å². The quantitative estimate of drug-likeness (QED) is 0.919. The number of hydrogen-bond acceptors (Lipinski definition) is 4. The normalized spacial score (nSPS) is 15.9. The molecule has 1 aliphatic heterocycles. The zero-order chi connectivity index (χ0) is 17.1. The van der Waals surface area contributed by atoms with Crippen molar-refractivity contribution in [2.75, 3.05) is 20.1 Å². The highest BCUT2D eigenvalue weighted by atomic mass is 32.1.